The summed E-state index contributed by atoms with van der Waals surface area (Å²) in [5, 5.41) is 4.10. The van der Waals surface area contributed by atoms with Crippen LogP contribution in [0.1, 0.15) is 18.9 Å². The molecule has 1 aromatic rings. The van der Waals surface area contributed by atoms with E-state index in [1.165, 1.54) is 0 Å². The van der Waals surface area contributed by atoms with Crippen LogP contribution in [0.3, 0.4) is 0 Å². The summed E-state index contributed by atoms with van der Waals surface area (Å²) < 4.78 is 1.85. The van der Waals surface area contributed by atoms with E-state index < -0.39 is 5.54 Å². The monoisotopic (exact) mass is 205 g/mol. The Hall–Kier alpha value is -1.36. The minimum atomic E-state index is -0.527. The van der Waals surface area contributed by atoms with Crippen LogP contribution in [0.15, 0.2) is 12.4 Å². The Morgan fingerprint density at radius 1 is 1.53 bits per heavy atom. The fraction of sp³-hybridized carbons (Fsp3) is 0.600. The smallest absolute Gasteiger partial charge is 0.242 e. The number of aromatic nitrogens is 2. The van der Waals surface area contributed by atoms with Gasteiger partial charge in [0.25, 0.3) is 0 Å². The number of nitrogens with zero attached hydrogens (tertiary/aromatic N) is 3. The second-order valence-electron chi connectivity index (χ2n) is 4.44. The lowest BCUT2D eigenvalue weighted by Gasteiger charge is -2.40. The number of likely N-dealkylation sites (tertiary alicyclic amines) is 1. The van der Waals surface area contributed by atoms with E-state index in [4.69, 9.17) is 5.73 Å². The lowest BCUT2D eigenvalue weighted by molar-refractivity contribution is -0.139. The molecule has 2 fully saturated rings. The van der Waals surface area contributed by atoms with Crippen molar-refractivity contribution in [3.8, 4) is 0 Å². The standard InChI is InChI=1S/C10H13N4O/c11-10(2-3-10)9(15)13-6-8(7-13)14-5-1-4-12-14/h4-5,8H,2-3,6-7,11H2. The van der Waals surface area contributed by atoms with E-state index in [2.05, 4.69) is 11.2 Å². The van der Waals surface area contributed by atoms with Gasteiger partial charge in [0, 0.05) is 25.4 Å². The average molecular weight is 205 g/mol. The summed E-state index contributed by atoms with van der Waals surface area (Å²) in [7, 11) is 0. The average Bonchev–Trinajstić information content (AvgIpc) is 2.71. The minimum absolute atomic E-state index is 0.106. The quantitative estimate of drug-likeness (QED) is 0.711. The molecule has 1 aliphatic carbocycles. The van der Waals surface area contributed by atoms with Crippen LogP contribution in [-0.2, 0) is 4.79 Å². The van der Waals surface area contributed by atoms with Crippen molar-refractivity contribution in [1.82, 2.24) is 14.7 Å². The molecule has 5 nitrogen and oxygen atoms in total. The molecule has 79 valence electrons. The first-order chi connectivity index (χ1) is 7.19. The van der Waals surface area contributed by atoms with E-state index in [9.17, 15) is 4.79 Å². The lowest BCUT2D eigenvalue weighted by atomic mass is 10.1. The maximum Gasteiger partial charge on any atom is 0.242 e. The molecule has 1 saturated carbocycles. The van der Waals surface area contributed by atoms with Crippen molar-refractivity contribution in [2.75, 3.05) is 13.1 Å². The topological polar surface area (TPSA) is 64.2 Å². The van der Waals surface area contributed by atoms with Gasteiger partial charge in [-0.15, -0.1) is 0 Å². The molecule has 0 atom stereocenters. The van der Waals surface area contributed by atoms with E-state index in [1.807, 2.05) is 15.8 Å². The van der Waals surface area contributed by atoms with Crippen LogP contribution in [-0.4, -0.2) is 39.2 Å². The molecule has 1 aliphatic heterocycles. The molecule has 1 amide bonds. The molecule has 0 aromatic carbocycles. The van der Waals surface area contributed by atoms with Gasteiger partial charge in [-0.1, -0.05) is 0 Å². The third-order valence-corrected chi connectivity index (χ3v) is 3.21. The van der Waals surface area contributed by atoms with Crippen LogP contribution in [0.4, 0.5) is 0 Å². The van der Waals surface area contributed by atoms with Crippen molar-refractivity contribution in [3.05, 3.63) is 18.5 Å². The van der Waals surface area contributed by atoms with Gasteiger partial charge in [0.15, 0.2) is 0 Å². The van der Waals surface area contributed by atoms with Crippen LogP contribution >= 0.6 is 0 Å². The van der Waals surface area contributed by atoms with E-state index >= 15 is 0 Å². The van der Waals surface area contributed by atoms with Crippen molar-refractivity contribution in [2.45, 2.75) is 24.4 Å². The van der Waals surface area contributed by atoms with E-state index in [-0.39, 0.29) is 5.91 Å². The lowest BCUT2D eigenvalue weighted by Crippen LogP contribution is -2.56. The zero-order valence-corrected chi connectivity index (χ0v) is 8.39. The Bertz CT molecular complexity index is 376. The number of carbonyl (C=O) groups is 1. The molecule has 2 aliphatic rings. The zero-order chi connectivity index (χ0) is 10.5. The maximum absolute atomic E-state index is 11.8. The summed E-state index contributed by atoms with van der Waals surface area (Å²) in [5.74, 6) is 0.106. The van der Waals surface area contributed by atoms with E-state index in [1.54, 1.807) is 6.20 Å². The number of nitrogens with two attached hydrogens (primary N) is 1. The number of hydrogen-bond donors (Lipinski definition) is 1. The Labute approximate surface area is 87.8 Å². The molecule has 3 rings (SSSR count). The maximum atomic E-state index is 11.8. The number of rotatable bonds is 2. The summed E-state index contributed by atoms with van der Waals surface area (Å²) >= 11 is 0. The molecule has 2 heterocycles. The van der Waals surface area contributed by atoms with Gasteiger partial charge >= 0.3 is 0 Å². The first-order valence-corrected chi connectivity index (χ1v) is 5.17. The third kappa shape index (κ3) is 1.34. The normalized spacial score (nSPS) is 23.7. The molecule has 2 N–H and O–H groups in total. The predicted molar refractivity (Wildman–Crippen MR) is 52.8 cm³/mol. The minimum Gasteiger partial charge on any atom is -0.337 e. The molecule has 0 bridgehead atoms. The zero-order valence-electron chi connectivity index (χ0n) is 8.39. The number of amides is 1. The molecule has 0 spiro atoms. The summed E-state index contributed by atoms with van der Waals surface area (Å²) in [6.45, 7) is 1.46. The Balaban J connectivity index is 1.60. The second kappa shape index (κ2) is 2.82. The van der Waals surface area contributed by atoms with Gasteiger partial charge < -0.3 is 10.6 Å². The first-order valence-electron chi connectivity index (χ1n) is 5.17. The highest BCUT2D eigenvalue weighted by Gasteiger charge is 2.50. The Morgan fingerprint density at radius 3 is 2.80 bits per heavy atom. The summed E-state index contributed by atoms with van der Waals surface area (Å²) in [6, 6.07) is 3.20. The van der Waals surface area contributed by atoms with Crippen molar-refractivity contribution >= 4 is 5.91 Å². The van der Waals surface area contributed by atoms with Gasteiger partial charge in [-0.2, -0.15) is 5.10 Å². The van der Waals surface area contributed by atoms with Crippen LogP contribution in [0, 0.1) is 6.07 Å². The van der Waals surface area contributed by atoms with Crippen molar-refractivity contribution in [1.29, 1.82) is 0 Å². The number of hydrogen-bond acceptors (Lipinski definition) is 3. The van der Waals surface area contributed by atoms with Gasteiger partial charge in [0.1, 0.15) is 0 Å². The van der Waals surface area contributed by atoms with Crippen LogP contribution in [0.2, 0.25) is 0 Å². The molecule has 1 aromatic heterocycles. The molecule has 1 saturated heterocycles. The van der Waals surface area contributed by atoms with Gasteiger partial charge in [0.2, 0.25) is 5.91 Å². The largest absolute Gasteiger partial charge is 0.337 e. The van der Waals surface area contributed by atoms with Crippen LogP contribution < -0.4 is 5.73 Å². The predicted octanol–water partition coefficient (Wildman–Crippen LogP) is -0.442. The van der Waals surface area contributed by atoms with Crippen LogP contribution in [0.25, 0.3) is 0 Å². The second-order valence-corrected chi connectivity index (χ2v) is 4.44. The highest BCUT2D eigenvalue weighted by atomic mass is 16.2. The van der Waals surface area contributed by atoms with E-state index in [0.29, 0.717) is 6.04 Å². The molecule has 1 radical (unpaired) electrons. The first kappa shape index (κ1) is 8.91. The van der Waals surface area contributed by atoms with Gasteiger partial charge in [-0.3, -0.25) is 9.48 Å². The summed E-state index contributed by atoms with van der Waals surface area (Å²) in [4.78, 5) is 13.6. The van der Waals surface area contributed by atoms with E-state index in [0.717, 1.165) is 25.9 Å². The SMILES string of the molecule is NC1(C(=O)N2CC(n3c[c]cn3)C2)CC1. The molecular formula is C10H13N4O. The van der Waals surface area contributed by atoms with Gasteiger partial charge in [-0.25, -0.2) is 0 Å². The highest BCUT2D eigenvalue weighted by molar-refractivity contribution is 5.89. The molecule has 5 heteroatoms. The fourth-order valence-corrected chi connectivity index (χ4v) is 1.89. The number of carbonyl (C=O) groups excluding carboxylic acids is 1. The van der Waals surface area contributed by atoms with Crippen molar-refractivity contribution in [3.63, 3.8) is 0 Å². The van der Waals surface area contributed by atoms with Crippen LogP contribution in [0.5, 0.6) is 0 Å². The fourth-order valence-electron chi connectivity index (χ4n) is 1.89. The molecular weight excluding hydrogens is 192 g/mol. The highest BCUT2D eigenvalue weighted by Crippen LogP contribution is 2.36. The summed E-state index contributed by atoms with van der Waals surface area (Å²) in [6.07, 6.45) is 5.11. The van der Waals surface area contributed by atoms with Gasteiger partial charge in [0.05, 0.1) is 17.8 Å². The Kier molecular flexibility index (Phi) is 1.68. The van der Waals surface area contributed by atoms with Gasteiger partial charge in [-0.05, 0) is 12.8 Å². The molecule has 0 unspecified atom stereocenters. The third-order valence-electron chi connectivity index (χ3n) is 3.21. The molecule has 15 heavy (non-hydrogen) atoms. The van der Waals surface area contributed by atoms with Crippen molar-refractivity contribution < 1.29 is 4.79 Å². The van der Waals surface area contributed by atoms with Crippen molar-refractivity contribution in [2.24, 2.45) is 5.73 Å². The summed E-state index contributed by atoms with van der Waals surface area (Å²) in [5.41, 5.74) is 5.32. The Morgan fingerprint density at radius 2 is 2.27 bits per heavy atom.